The molecule has 2 aromatic carbocycles. The lowest BCUT2D eigenvalue weighted by molar-refractivity contribution is -0.116. The summed E-state index contributed by atoms with van der Waals surface area (Å²) in [5, 5.41) is 4.19. The van der Waals surface area contributed by atoms with Gasteiger partial charge in [-0.05, 0) is 42.2 Å². The van der Waals surface area contributed by atoms with E-state index in [1.54, 1.807) is 18.2 Å². The van der Waals surface area contributed by atoms with Crippen LogP contribution in [0.2, 0.25) is 5.02 Å². The second-order valence-corrected chi connectivity index (χ2v) is 6.73. The molecule has 0 fully saturated rings. The first-order chi connectivity index (χ1) is 13.0. The van der Waals surface area contributed by atoms with E-state index in [1.807, 2.05) is 32.0 Å². The second-order valence-electron chi connectivity index (χ2n) is 6.33. The Bertz CT molecular complexity index is 1040. The van der Waals surface area contributed by atoms with Crippen LogP contribution in [-0.2, 0) is 24.2 Å². The summed E-state index contributed by atoms with van der Waals surface area (Å²) in [6.07, 6.45) is 3.20. The first kappa shape index (κ1) is 19.1. The lowest BCUT2D eigenvalue weighted by Crippen LogP contribution is -2.24. The van der Waals surface area contributed by atoms with Gasteiger partial charge in [0.2, 0.25) is 5.91 Å². The summed E-state index contributed by atoms with van der Waals surface area (Å²) >= 11 is 6.29. The maximum absolute atomic E-state index is 12.5. The number of carbonyl (C=O) groups is 1. The highest BCUT2D eigenvalue weighted by Gasteiger charge is 2.13. The predicted molar refractivity (Wildman–Crippen MR) is 109 cm³/mol. The van der Waals surface area contributed by atoms with Gasteiger partial charge in [-0.15, -0.1) is 0 Å². The number of nitrogens with zero attached hydrogens (tertiary/aromatic N) is 2. The minimum Gasteiger partial charge on any atom is -0.325 e. The van der Waals surface area contributed by atoms with Crippen molar-refractivity contribution in [2.24, 2.45) is 0 Å². The zero-order valence-corrected chi connectivity index (χ0v) is 16.2. The number of para-hydroxylation sites is 1. The van der Waals surface area contributed by atoms with Crippen LogP contribution in [0, 0.1) is 0 Å². The number of amides is 1. The number of hydrogen-bond acceptors (Lipinski definition) is 3. The lowest BCUT2D eigenvalue weighted by atomic mass is 10.0. The number of anilines is 1. The van der Waals surface area contributed by atoms with Crippen LogP contribution < -0.4 is 10.9 Å². The van der Waals surface area contributed by atoms with Gasteiger partial charge >= 0.3 is 0 Å². The van der Waals surface area contributed by atoms with E-state index < -0.39 is 0 Å². The van der Waals surface area contributed by atoms with Crippen LogP contribution in [0.15, 0.2) is 47.5 Å². The van der Waals surface area contributed by atoms with Crippen molar-refractivity contribution in [1.82, 2.24) is 9.55 Å². The highest BCUT2D eigenvalue weighted by atomic mass is 35.5. The number of benzene rings is 2. The third-order valence-electron chi connectivity index (χ3n) is 4.65. The molecule has 6 heteroatoms. The van der Waals surface area contributed by atoms with E-state index in [-0.39, 0.29) is 24.4 Å². The number of nitrogens with one attached hydrogen (secondary N) is 1. The van der Waals surface area contributed by atoms with Crippen molar-refractivity contribution in [3.05, 3.63) is 69.2 Å². The standard InChI is InChI=1S/C21H22ClN3O2/c1-3-14-9-10-17(22)15(4-2)20(14)24-19(26)11-12-25-13-23-18-8-6-5-7-16(18)21(25)27/h5-10,13H,3-4,11-12H2,1-2H3,(H,24,26). The molecule has 1 N–H and O–H groups in total. The molecule has 0 saturated heterocycles. The SMILES string of the molecule is CCc1ccc(Cl)c(CC)c1NC(=O)CCn1cnc2ccccc2c1=O. The zero-order chi connectivity index (χ0) is 19.4. The van der Waals surface area contributed by atoms with Crippen molar-refractivity contribution in [1.29, 1.82) is 0 Å². The van der Waals surface area contributed by atoms with Crippen molar-refractivity contribution in [2.75, 3.05) is 5.32 Å². The molecule has 140 valence electrons. The summed E-state index contributed by atoms with van der Waals surface area (Å²) in [7, 11) is 0. The normalized spacial score (nSPS) is 10.9. The third kappa shape index (κ3) is 4.03. The molecule has 1 amide bonds. The van der Waals surface area contributed by atoms with Gasteiger partial charge in [0.05, 0.1) is 17.2 Å². The Balaban J connectivity index is 1.77. The molecule has 0 aliphatic carbocycles. The van der Waals surface area contributed by atoms with E-state index in [2.05, 4.69) is 10.3 Å². The van der Waals surface area contributed by atoms with Crippen molar-refractivity contribution in [3.63, 3.8) is 0 Å². The Morgan fingerprint density at radius 2 is 1.93 bits per heavy atom. The van der Waals surface area contributed by atoms with Gasteiger partial charge in [0.15, 0.2) is 0 Å². The molecule has 27 heavy (non-hydrogen) atoms. The Labute approximate surface area is 163 Å². The molecular weight excluding hydrogens is 362 g/mol. The molecule has 0 spiro atoms. The first-order valence-electron chi connectivity index (χ1n) is 9.09. The molecule has 3 aromatic rings. The fourth-order valence-corrected chi connectivity index (χ4v) is 3.45. The molecule has 0 unspecified atom stereocenters. The number of halogens is 1. The van der Waals surface area contributed by atoms with Crippen LogP contribution in [-0.4, -0.2) is 15.5 Å². The summed E-state index contributed by atoms with van der Waals surface area (Å²) in [4.78, 5) is 29.3. The number of hydrogen-bond donors (Lipinski definition) is 1. The van der Waals surface area contributed by atoms with E-state index >= 15 is 0 Å². The molecule has 0 bridgehead atoms. The van der Waals surface area contributed by atoms with Gasteiger partial charge in [-0.2, -0.15) is 0 Å². The largest absolute Gasteiger partial charge is 0.325 e. The van der Waals surface area contributed by atoms with Gasteiger partial charge in [-0.1, -0.05) is 43.6 Å². The van der Waals surface area contributed by atoms with Crippen LogP contribution in [0.4, 0.5) is 5.69 Å². The van der Waals surface area contributed by atoms with E-state index in [0.717, 1.165) is 29.7 Å². The van der Waals surface area contributed by atoms with Crippen LogP contribution >= 0.6 is 11.6 Å². The van der Waals surface area contributed by atoms with E-state index in [1.165, 1.54) is 10.9 Å². The zero-order valence-electron chi connectivity index (χ0n) is 15.5. The van der Waals surface area contributed by atoms with Crippen LogP contribution in [0.5, 0.6) is 0 Å². The first-order valence-corrected chi connectivity index (χ1v) is 9.47. The molecule has 0 saturated carbocycles. The number of aromatic nitrogens is 2. The van der Waals surface area contributed by atoms with Crippen molar-refractivity contribution < 1.29 is 4.79 Å². The molecule has 1 aromatic heterocycles. The van der Waals surface area contributed by atoms with E-state index in [4.69, 9.17) is 11.6 Å². The Kier molecular flexibility index (Phi) is 5.91. The van der Waals surface area contributed by atoms with Gasteiger partial charge in [0.25, 0.3) is 5.56 Å². The molecule has 5 nitrogen and oxygen atoms in total. The average molecular weight is 384 g/mol. The van der Waals surface area contributed by atoms with E-state index in [9.17, 15) is 9.59 Å². The fourth-order valence-electron chi connectivity index (χ4n) is 3.16. The lowest BCUT2D eigenvalue weighted by Gasteiger charge is -2.16. The quantitative estimate of drug-likeness (QED) is 0.693. The van der Waals surface area contributed by atoms with Crippen LogP contribution in [0.25, 0.3) is 10.9 Å². The molecule has 0 aliphatic rings. The van der Waals surface area contributed by atoms with Gasteiger partial charge in [-0.3, -0.25) is 14.2 Å². The average Bonchev–Trinajstić information content (AvgIpc) is 2.68. The number of rotatable bonds is 6. The predicted octanol–water partition coefficient (Wildman–Crippen LogP) is 4.20. The Morgan fingerprint density at radius 1 is 1.15 bits per heavy atom. The summed E-state index contributed by atoms with van der Waals surface area (Å²) in [5.41, 5.74) is 3.30. The summed E-state index contributed by atoms with van der Waals surface area (Å²) in [6, 6.07) is 11.0. The van der Waals surface area contributed by atoms with Crippen molar-refractivity contribution in [2.45, 2.75) is 39.7 Å². The molecule has 0 radical (unpaired) electrons. The third-order valence-corrected chi connectivity index (χ3v) is 5.01. The molecule has 1 heterocycles. The van der Waals surface area contributed by atoms with Gasteiger partial charge < -0.3 is 5.32 Å². The molecule has 0 aliphatic heterocycles. The monoisotopic (exact) mass is 383 g/mol. The molecular formula is C21H22ClN3O2. The highest BCUT2D eigenvalue weighted by Crippen LogP contribution is 2.29. The smallest absolute Gasteiger partial charge is 0.261 e. The summed E-state index contributed by atoms with van der Waals surface area (Å²) < 4.78 is 1.47. The van der Waals surface area contributed by atoms with E-state index in [0.29, 0.717) is 15.9 Å². The molecule has 3 rings (SSSR count). The topological polar surface area (TPSA) is 64.0 Å². The number of carbonyl (C=O) groups excluding carboxylic acids is 1. The minimum atomic E-state index is -0.151. The summed E-state index contributed by atoms with van der Waals surface area (Å²) in [5.74, 6) is -0.151. The minimum absolute atomic E-state index is 0.139. The van der Waals surface area contributed by atoms with Gasteiger partial charge in [0, 0.05) is 23.7 Å². The van der Waals surface area contributed by atoms with Crippen molar-refractivity contribution in [3.8, 4) is 0 Å². The molecule has 0 atom stereocenters. The van der Waals surface area contributed by atoms with Gasteiger partial charge in [-0.25, -0.2) is 4.98 Å². The summed E-state index contributed by atoms with van der Waals surface area (Å²) in [6.45, 7) is 4.32. The van der Waals surface area contributed by atoms with Crippen LogP contribution in [0.1, 0.15) is 31.4 Å². The fraction of sp³-hybridized carbons (Fsp3) is 0.286. The maximum atomic E-state index is 12.5. The number of aryl methyl sites for hydroxylation is 2. The van der Waals surface area contributed by atoms with Gasteiger partial charge in [0.1, 0.15) is 0 Å². The van der Waals surface area contributed by atoms with Crippen LogP contribution in [0.3, 0.4) is 0 Å². The Morgan fingerprint density at radius 3 is 2.67 bits per heavy atom. The maximum Gasteiger partial charge on any atom is 0.261 e. The second kappa shape index (κ2) is 8.35. The highest BCUT2D eigenvalue weighted by molar-refractivity contribution is 6.32. The van der Waals surface area contributed by atoms with Crippen molar-refractivity contribution >= 4 is 34.1 Å². The Hall–Kier alpha value is -2.66. The number of fused-ring (bicyclic) bond motifs is 1.